The fraction of sp³-hybridized carbons (Fsp3) is 0.875. The second-order valence-electron chi connectivity index (χ2n) is 6.49. The molecular weight excluding hydrogens is 268 g/mol. The zero-order chi connectivity index (χ0) is 15.1. The monoisotopic (exact) mass is 296 g/mol. The van der Waals surface area contributed by atoms with Crippen LogP contribution in [0.3, 0.4) is 0 Å². The highest BCUT2D eigenvalue weighted by molar-refractivity contribution is 5.78. The van der Waals surface area contributed by atoms with Gasteiger partial charge in [-0.25, -0.2) is 5.48 Å². The van der Waals surface area contributed by atoms with Crippen LogP contribution < -0.4 is 10.8 Å². The fourth-order valence-electron chi connectivity index (χ4n) is 3.62. The van der Waals surface area contributed by atoms with Crippen molar-refractivity contribution in [2.45, 2.75) is 70.3 Å². The fourth-order valence-corrected chi connectivity index (χ4v) is 3.62. The van der Waals surface area contributed by atoms with Crippen molar-refractivity contribution in [3.8, 4) is 0 Å². The van der Waals surface area contributed by atoms with E-state index in [0.29, 0.717) is 12.3 Å². The van der Waals surface area contributed by atoms with E-state index in [4.69, 9.17) is 0 Å². The van der Waals surface area contributed by atoms with Crippen molar-refractivity contribution in [2.24, 2.45) is 11.8 Å². The van der Waals surface area contributed by atoms with Gasteiger partial charge in [-0.15, -0.1) is 0 Å². The summed E-state index contributed by atoms with van der Waals surface area (Å²) in [5.41, 5.74) is 2.40. The molecule has 2 aliphatic rings. The van der Waals surface area contributed by atoms with Gasteiger partial charge in [0, 0.05) is 18.4 Å². The van der Waals surface area contributed by atoms with Crippen molar-refractivity contribution in [3.05, 3.63) is 0 Å². The number of amides is 2. The van der Waals surface area contributed by atoms with Crippen LogP contribution in [-0.2, 0) is 14.4 Å². The number of hydrogen-bond acceptors (Lipinski definition) is 3. The second-order valence-corrected chi connectivity index (χ2v) is 6.49. The summed E-state index contributed by atoms with van der Waals surface area (Å²) in [5, 5.41) is 3.16. The number of carbonyl (C=O) groups excluding carboxylic acids is 2. The maximum Gasteiger partial charge on any atom is 0.246 e. The molecule has 0 spiro atoms. The minimum Gasteiger partial charge on any atom is -0.353 e. The third kappa shape index (κ3) is 5.30. The van der Waals surface area contributed by atoms with Gasteiger partial charge < -0.3 is 5.32 Å². The topological polar surface area (TPSA) is 67.4 Å². The summed E-state index contributed by atoms with van der Waals surface area (Å²) in [5.74, 6) is 0.773. The summed E-state index contributed by atoms with van der Waals surface area (Å²) in [6, 6.07) is 0.243. The van der Waals surface area contributed by atoms with E-state index in [1.54, 1.807) is 0 Å². The van der Waals surface area contributed by atoms with Crippen molar-refractivity contribution < 1.29 is 14.4 Å². The molecule has 0 aromatic carbocycles. The van der Waals surface area contributed by atoms with Crippen LogP contribution in [0.25, 0.3) is 0 Å². The van der Waals surface area contributed by atoms with Gasteiger partial charge in [-0.3, -0.25) is 14.4 Å². The molecule has 2 N–H and O–H groups in total. The molecule has 0 bridgehead atoms. The van der Waals surface area contributed by atoms with E-state index in [9.17, 15) is 9.59 Å². The smallest absolute Gasteiger partial charge is 0.246 e. The van der Waals surface area contributed by atoms with Crippen molar-refractivity contribution in [2.75, 3.05) is 7.11 Å². The van der Waals surface area contributed by atoms with Gasteiger partial charge in [-0.1, -0.05) is 19.3 Å². The SMILES string of the molecule is CONC(=O)C1CCC(NC(=O)CC2CCCCC2)CC1. The van der Waals surface area contributed by atoms with Crippen LogP contribution in [0.5, 0.6) is 0 Å². The largest absolute Gasteiger partial charge is 0.353 e. The number of carbonyl (C=O) groups is 2. The number of hydrogen-bond donors (Lipinski definition) is 2. The Hall–Kier alpha value is -1.10. The second kappa shape index (κ2) is 8.37. The zero-order valence-corrected chi connectivity index (χ0v) is 13.0. The van der Waals surface area contributed by atoms with Gasteiger partial charge in [0.2, 0.25) is 11.8 Å². The summed E-state index contributed by atoms with van der Waals surface area (Å²) < 4.78 is 0. The van der Waals surface area contributed by atoms with E-state index < -0.39 is 0 Å². The van der Waals surface area contributed by atoms with Crippen LogP contribution in [0.15, 0.2) is 0 Å². The molecule has 0 unspecified atom stereocenters. The zero-order valence-electron chi connectivity index (χ0n) is 13.0. The molecule has 0 heterocycles. The van der Waals surface area contributed by atoms with Gasteiger partial charge in [0.05, 0.1) is 7.11 Å². The molecule has 0 aromatic heterocycles. The predicted molar refractivity (Wildman–Crippen MR) is 80.2 cm³/mol. The standard InChI is InChI=1S/C16H28N2O3/c1-21-18-16(20)13-7-9-14(10-8-13)17-15(19)11-12-5-3-2-4-6-12/h12-14H,2-11H2,1H3,(H,17,19)(H,18,20). The molecule has 0 atom stereocenters. The van der Waals surface area contributed by atoms with Crippen molar-refractivity contribution in [3.63, 3.8) is 0 Å². The Morgan fingerprint density at radius 2 is 1.67 bits per heavy atom. The molecule has 120 valence electrons. The summed E-state index contributed by atoms with van der Waals surface area (Å²) in [6.45, 7) is 0. The van der Waals surface area contributed by atoms with Crippen molar-refractivity contribution in [1.29, 1.82) is 0 Å². The molecular formula is C16H28N2O3. The van der Waals surface area contributed by atoms with Gasteiger partial charge in [-0.2, -0.15) is 0 Å². The maximum atomic E-state index is 12.1. The van der Waals surface area contributed by atoms with Crippen LogP contribution in [0.1, 0.15) is 64.2 Å². The number of hydroxylamine groups is 1. The molecule has 5 nitrogen and oxygen atoms in total. The summed E-state index contributed by atoms with van der Waals surface area (Å²) in [7, 11) is 1.45. The first-order chi connectivity index (χ1) is 10.2. The average Bonchev–Trinajstić information content (AvgIpc) is 2.49. The molecule has 2 rings (SSSR count). The molecule has 0 radical (unpaired) electrons. The van der Waals surface area contributed by atoms with E-state index in [1.165, 1.54) is 39.2 Å². The quantitative estimate of drug-likeness (QED) is 0.765. The molecule has 2 fully saturated rings. The lowest BCUT2D eigenvalue weighted by Gasteiger charge is -2.29. The van der Waals surface area contributed by atoms with Crippen LogP contribution in [0, 0.1) is 11.8 Å². The lowest BCUT2D eigenvalue weighted by Crippen LogP contribution is -2.41. The van der Waals surface area contributed by atoms with Crippen LogP contribution in [0.2, 0.25) is 0 Å². The highest BCUT2D eigenvalue weighted by Gasteiger charge is 2.27. The van der Waals surface area contributed by atoms with Crippen molar-refractivity contribution in [1.82, 2.24) is 10.8 Å². The third-order valence-electron chi connectivity index (χ3n) is 4.86. The van der Waals surface area contributed by atoms with Gasteiger partial charge in [0.25, 0.3) is 0 Å². The van der Waals surface area contributed by atoms with E-state index in [1.807, 2.05) is 0 Å². The van der Waals surface area contributed by atoms with Gasteiger partial charge >= 0.3 is 0 Å². The van der Waals surface area contributed by atoms with Gasteiger partial charge in [0.1, 0.15) is 0 Å². The normalized spacial score (nSPS) is 27.1. The minimum absolute atomic E-state index is 0.0245. The van der Waals surface area contributed by atoms with Crippen LogP contribution in [-0.4, -0.2) is 25.0 Å². The molecule has 0 aromatic rings. The Bertz CT molecular complexity index is 345. The van der Waals surface area contributed by atoms with E-state index in [0.717, 1.165) is 25.7 Å². The molecule has 2 saturated carbocycles. The molecule has 0 aliphatic heterocycles. The number of rotatable bonds is 5. The van der Waals surface area contributed by atoms with E-state index in [2.05, 4.69) is 15.6 Å². The van der Waals surface area contributed by atoms with Gasteiger partial charge in [-0.05, 0) is 44.4 Å². The van der Waals surface area contributed by atoms with E-state index >= 15 is 0 Å². The Morgan fingerprint density at radius 1 is 1.00 bits per heavy atom. The summed E-state index contributed by atoms with van der Waals surface area (Å²) in [6.07, 6.45) is 10.4. The lowest BCUT2D eigenvalue weighted by molar-refractivity contribution is -0.136. The summed E-state index contributed by atoms with van der Waals surface area (Å²) >= 11 is 0. The molecule has 2 aliphatic carbocycles. The Kier molecular flexibility index (Phi) is 6.49. The van der Waals surface area contributed by atoms with Crippen molar-refractivity contribution >= 4 is 11.8 Å². The maximum absolute atomic E-state index is 12.1. The Balaban J connectivity index is 1.65. The Labute approximate surface area is 127 Å². The predicted octanol–water partition coefficient (Wildman–Crippen LogP) is 2.31. The molecule has 0 saturated heterocycles. The first kappa shape index (κ1) is 16.3. The molecule has 5 heteroatoms. The lowest BCUT2D eigenvalue weighted by atomic mass is 9.84. The first-order valence-electron chi connectivity index (χ1n) is 8.31. The Morgan fingerprint density at radius 3 is 2.29 bits per heavy atom. The van der Waals surface area contributed by atoms with Crippen LogP contribution in [0.4, 0.5) is 0 Å². The van der Waals surface area contributed by atoms with E-state index in [-0.39, 0.29) is 23.8 Å². The third-order valence-corrected chi connectivity index (χ3v) is 4.86. The highest BCUT2D eigenvalue weighted by Crippen LogP contribution is 2.27. The minimum atomic E-state index is -0.0375. The number of nitrogens with one attached hydrogen (secondary N) is 2. The molecule has 21 heavy (non-hydrogen) atoms. The summed E-state index contributed by atoms with van der Waals surface area (Å²) in [4.78, 5) is 28.4. The van der Waals surface area contributed by atoms with Crippen LogP contribution >= 0.6 is 0 Å². The molecule has 2 amide bonds. The highest BCUT2D eigenvalue weighted by atomic mass is 16.6. The van der Waals surface area contributed by atoms with Gasteiger partial charge in [0.15, 0.2) is 0 Å². The average molecular weight is 296 g/mol. The first-order valence-corrected chi connectivity index (χ1v) is 8.31.